The molecule has 2 aromatic heterocycles. The summed E-state index contributed by atoms with van der Waals surface area (Å²) >= 11 is 0. The lowest BCUT2D eigenvalue weighted by Gasteiger charge is -2.28. The number of aromatic amines is 1. The first-order valence-electron chi connectivity index (χ1n) is 9.16. The monoisotopic (exact) mass is 368 g/mol. The Hall–Kier alpha value is -2.96. The molecule has 0 bridgehead atoms. The van der Waals surface area contributed by atoms with E-state index >= 15 is 0 Å². The van der Waals surface area contributed by atoms with Crippen LogP contribution in [0, 0.1) is 5.82 Å². The van der Waals surface area contributed by atoms with E-state index in [1.807, 2.05) is 30.5 Å². The molecular formula is C20H21FN4O2. The number of fused-ring (bicyclic) bond motifs is 1. The zero-order valence-corrected chi connectivity index (χ0v) is 14.8. The third-order valence-electron chi connectivity index (χ3n) is 4.93. The van der Waals surface area contributed by atoms with Gasteiger partial charge in [-0.25, -0.2) is 14.4 Å². The molecule has 4 rings (SSSR count). The van der Waals surface area contributed by atoms with Crippen molar-refractivity contribution >= 4 is 16.8 Å². The van der Waals surface area contributed by atoms with Crippen LogP contribution in [0.4, 0.5) is 4.39 Å². The Morgan fingerprint density at radius 3 is 2.70 bits per heavy atom. The number of nitrogens with zero attached hydrogens (tertiary/aromatic N) is 2. The highest BCUT2D eigenvalue weighted by molar-refractivity contribution is 5.88. The molecule has 1 aliphatic carbocycles. The molecule has 2 N–H and O–H groups in total. The molecule has 6 nitrogen and oxygen atoms in total. The number of carbonyl (C=O) groups excluding carboxylic acids is 1. The van der Waals surface area contributed by atoms with E-state index in [2.05, 4.69) is 20.3 Å². The predicted octanol–water partition coefficient (Wildman–Crippen LogP) is 3.15. The van der Waals surface area contributed by atoms with Gasteiger partial charge in [-0.2, -0.15) is 0 Å². The van der Waals surface area contributed by atoms with Gasteiger partial charge in [-0.3, -0.25) is 4.79 Å². The molecular weight excluding hydrogens is 347 g/mol. The highest BCUT2D eigenvalue weighted by atomic mass is 19.1. The highest BCUT2D eigenvalue weighted by Gasteiger charge is 2.24. The fourth-order valence-electron chi connectivity index (χ4n) is 3.56. The number of hydrogen-bond acceptors (Lipinski definition) is 4. The largest absolute Gasteiger partial charge is 0.460 e. The van der Waals surface area contributed by atoms with E-state index in [1.165, 1.54) is 0 Å². The quantitative estimate of drug-likeness (QED) is 0.725. The molecule has 1 amide bonds. The molecule has 2 heterocycles. The van der Waals surface area contributed by atoms with Gasteiger partial charge in [0.05, 0.1) is 18.8 Å². The maximum atomic E-state index is 12.8. The van der Waals surface area contributed by atoms with Crippen LogP contribution in [0.3, 0.4) is 0 Å². The van der Waals surface area contributed by atoms with Gasteiger partial charge in [0.2, 0.25) is 5.91 Å². The summed E-state index contributed by atoms with van der Waals surface area (Å²) in [5.41, 5.74) is 2.05. The molecule has 1 saturated carbocycles. The van der Waals surface area contributed by atoms with Crippen LogP contribution in [0.2, 0.25) is 0 Å². The Morgan fingerprint density at radius 2 is 1.93 bits per heavy atom. The second kappa shape index (κ2) is 7.73. The van der Waals surface area contributed by atoms with Gasteiger partial charge >= 0.3 is 6.01 Å². The second-order valence-electron chi connectivity index (χ2n) is 6.88. The number of rotatable bonds is 5. The number of nitrogens with one attached hydrogen (secondary N) is 2. The van der Waals surface area contributed by atoms with Gasteiger partial charge in [0.25, 0.3) is 0 Å². The summed E-state index contributed by atoms with van der Waals surface area (Å²) in [5, 5.41) is 4.21. The molecule has 0 aliphatic heterocycles. The van der Waals surface area contributed by atoms with E-state index in [0.29, 0.717) is 6.42 Å². The van der Waals surface area contributed by atoms with E-state index in [4.69, 9.17) is 4.74 Å². The number of aromatic nitrogens is 3. The molecule has 0 spiro atoms. The van der Waals surface area contributed by atoms with Crippen molar-refractivity contribution < 1.29 is 13.9 Å². The van der Waals surface area contributed by atoms with Crippen molar-refractivity contribution in [1.82, 2.24) is 20.3 Å². The fourth-order valence-corrected chi connectivity index (χ4v) is 3.56. The van der Waals surface area contributed by atoms with E-state index < -0.39 is 5.82 Å². The number of H-pyrrole nitrogens is 1. The SMILES string of the molecule is O=C(Cc1c[nH]c2ccccc12)NC1CCC(Oc2ncc(F)cn2)CC1. The highest BCUT2D eigenvalue weighted by Crippen LogP contribution is 2.23. The van der Waals surface area contributed by atoms with E-state index in [0.717, 1.165) is 54.5 Å². The fraction of sp³-hybridized carbons (Fsp3) is 0.350. The summed E-state index contributed by atoms with van der Waals surface area (Å²) in [6.07, 6.45) is 7.74. The average molecular weight is 368 g/mol. The first kappa shape index (κ1) is 17.5. The van der Waals surface area contributed by atoms with Gasteiger partial charge in [0, 0.05) is 23.1 Å². The van der Waals surface area contributed by atoms with Crippen LogP contribution in [0.5, 0.6) is 6.01 Å². The summed E-state index contributed by atoms with van der Waals surface area (Å²) in [6.45, 7) is 0. The summed E-state index contributed by atoms with van der Waals surface area (Å²) in [7, 11) is 0. The Kier molecular flexibility index (Phi) is 5.00. The first-order chi connectivity index (χ1) is 13.2. The topological polar surface area (TPSA) is 79.9 Å². The van der Waals surface area contributed by atoms with Crippen molar-refractivity contribution in [2.24, 2.45) is 0 Å². The number of amides is 1. The molecule has 1 fully saturated rings. The Morgan fingerprint density at radius 1 is 1.19 bits per heavy atom. The Balaban J connectivity index is 1.26. The summed E-state index contributed by atoms with van der Waals surface area (Å²) in [5.74, 6) is -0.449. The Labute approximate surface area is 156 Å². The second-order valence-corrected chi connectivity index (χ2v) is 6.88. The third-order valence-corrected chi connectivity index (χ3v) is 4.93. The zero-order chi connectivity index (χ0) is 18.6. The predicted molar refractivity (Wildman–Crippen MR) is 98.8 cm³/mol. The summed E-state index contributed by atoms with van der Waals surface area (Å²) < 4.78 is 18.5. The van der Waals surface area contributed by atoms with Gasteiger partial charge in [-0.05, 0) is 37.3 Å². The number of hydrogen-bond donors (Lipinski definition) is 2. The third kappa shape index (κ3) is 4.24. The van der Waals surface area contributed by atoms with Crippen LogP contribution >= 0.6 is 0 Å². The molecule has 3 aromatic rings. The molecule has 7 heteroatoms. The van der Waals surface area contributed by atoms with Crippen LogP contribution in [0.1, 0.15) is 31.2 Å². The maximum absolute atomic E-state index is 12.8. The standard InChI is InChI=1S/C20H21FN4O2/c21-14-11-23-20(24-12-14)27-16-7-5-15(6-8-16)25-19(26)9-13-10-22-18-4-2-1-3-17(13)18/h1-4,10-12,15-16,22H,5-9H2,(H,25,26). The first-order valence-corrected chi connectivity index (χ1v) is 9.16. The minimum atomic E-state index is -0.482. The summed E-state index contributed by atoms with van der Waals surface area (Å²) in [4.78, 5) is 23.3. The number of ether oxygens (including phenoxy) is 1. The van der Waals surface area contributed by atoms with Crippen molar-refractivity contribution in [3.05, 3.63) is 54.2 Å². The van der Waals surface area contributed by atoms with Gasteiger partial charge in [-0.15, -0.1) is 0 Å². The lowest BCUT2D eigenvalue weighted by molar-refractivity contribution is -0.121. The van der Waals surface area contributed by atoms with E-state index in [-0.39, 0.29) is 24.1 Å². The minimum absolute atomic E-state index is 0.00256. The van der Waals surface area contributed by atoms with Crippen molar-refractivity contribution in [3.8, 4) is 6.01 Å². The van der Waals surface area contributed by atoms with Crippen LogP contribution in [-0.2, 0) is 11.2 Å². The lowest BCUT2D eigenvalue weighted by atomic mass is 9.93. The molecule has 1 aliphatic rings. The van der Waals surface area contributed by atoms with Crippen LogP contribution in [-0.4, -0.2) is 33.0 Å². The van der Waals surface area contributed by atoms with Crippen LogP contribution in [0.15, 0.2) is 42.9 Å². The number of carbonyl (C=O) groups is 1. The van der Waals surface area contributed by atoms with Crippen LogP contribution < -0.4 is 10.1 Å². The number of para-hydroxylation sites is 1. The molecule has 0 atom stereocenters. The van der Waals surface area contributed by atoms with Gasteiger partial charge < -0.3 is 15.0 Å². The van der Waals surface area contributed by atoms with Crippen molar-refractivity contribution in [2.75, 3.05) is 0 Å². The molecule has 27 heavy (non-hydrogen) atoms. The van der Waals surface area contributed by atoms with Gasteiger partial charge in [0.1, 0.15) is 6.10 Å². The van der Waals surface area contributed by atoms with Crippen LogP contribution in [0.25, 0.3) is 10.9 Å². The molecule has 140 valence electrons. The number of halogens is 1. The zero-order valence-electron chi connectivity index (χ0n) is 14.8. The average Bonchev–Trinajstić information content (AvgIpc) is 3.08. The van der Waals surface area contributed by atoms with E-state index in [9.17, 15) is 9.18 Å². The molecule has 0 radical (unpaired) electrons. The van der Waals surface area contributed by atoms with Gasteiger partial charge in [0.15, 0.2) is 5.82 Å². The maximum Gasteiger partial charge on any atom is 0.316 e. The molecule has 1 aromatic carbocycles. The van der Waals surface area contributed by atoms with Crippen molar-refractivity contribution in [2.45, 2.75) is 44.2 Å². The number of benzene rings is 1. The normalized spacial score (nSPS) is 19.7. The Bertz CT molecular complexity index is 917. The van der Waals surface area contributed by atoms with Crippen molar-refractivity contribution in [3.63, 3.8) is 0 Å². The smallest absolute Gasteiger partial charge is 0.316 e. The minimum Gasteiger partial charge on any atom is -0.460 e. The lowest BCUT2D eigenvalue weighted by Crippen LogP contribution is -2.40. The van der Waals surface area contributed by atoms with Gasteiger partial charge in [-0.1, -0.05) is 18.2 Å². The molecule has 0 unspecified atom stereocenters. The van der Waals surface area contributed by atoms with Crippen molar-refractivity contribution in [1.29, 1.82) is 0 Å². The van der Waals surface area contributed by atoms with E-state index in [1.54, 1.807) is 0 Å². The summed E-state index contributed by atoms with van der Waals surface area (Å²) in [6, 6.07) is 8.32. The molecule has 0 saturated heterocycles.